The first-order valence-electron chi connectivity index (χ1n) is 6.48. The number of hydrogen-bond donors (Lipinski definition) is 2. The quantitative estimate of drug-likeness (QED) is 0.839. The number of benzene rings is 1. The number of carbonyl (C=O) groups is 2. The Labute approximate surface area is 116 Å². The van der Waals surface area contributed by atoms with Crippen molar-refractivity contribution in [2.75, 3.05) is 6.54 Å². The highest BCUT2D eigenvalue weighted by atomic mass is 16.5. The lowest BCUT2D eigenvalue weighted by atomic mass is 10.1. The van der Waals surface area contributed by atoms with Gasteiger partial charge in [-0.1, -0.05) is 6.07 Å². The van der Waals surface area contributed by atoms with Crippen LogP contribution >= 0.6 is 0 Å². The number of nitrogens with one attached hydrogen (secondary N) is 1. The predicted octanol–water partition coefficient (Wildman–Crippen LogP) is 0.978. The van der Waals surface area contributed by atoms with Gasteiger partial charge in [0.15, 0.2) is 12.2 Å². The number of rotatable bonds is 5. The van der Waals surface area contributed by atoms with Crippen LogP contribution in [0, 0.1) is 0 Å². The normalized spacial score (nSPS) is 17.8. The number of ether oxygens (including phenoxy) is 2. The van der Waals surface area contributed by atoms with Gasteiger partial charge >= 0.3 is 5.97 Å². The second-order valence-corrected chi connectivity index (χ2v) is 4.57. The molecule has 1 aromatic rings. The van der Waals surface area contributed by atoms with Crippen LogP contribution in [0.1, 0.15) is 19.4 Å². The molecule has 2 unspecified atom stereocenters. The summed E-state index contributed by atoms with van der Waals surface area (Å²) in [6.07, 6.45) is -1.12. The maximum Gasteiger partial charge on any atom is 0.345 e. The molecule has 2 rings (SSSR count). The van der Waals surface area contributed by atoms with Gasteiger partial charge in [-0.3, -0.25) is 4.79 Å². The van der Waals surface area contributed by atoms with Gasteiger partial charge in [-0.2, -0.15) is 0 Å². The molecule has 0 fully saturated rings. The van der Waals surface area contributed by atoms with E-state index in [1.165, 1.54) is 0 Å². The molecule has 20 heavy (non-hydrogen) atoms. The number of aliphatic carboxylic acids is 1. The Morgan fingerprint density at radius 1 is 1.55 bits per heavy atom. The smallest absolute Gasteiger partial charge is 0.345 e. The number of likely N-dealkylation sites (N-methyl/N-ethyl adjacent to an activating group) is 1. The number of carboxylic acids is 1. The lowest BCUT2D eigenvalue weighted by molar-refractivity contribution is -0.144. The molecule has 0 spiro atoms. The van der Waals surface area contributed by atoms with Crippen molar-refractivity contribution < 1.29 is 24.2 Å². The zero-order valence-electron chi connectivity index (χ0n) is 11.4. The summed E-state index contributed by atoms with van der Waals surface area (Å²) in [5.74, 6) is -0.205. The number of carbonyl (C=O) groups excluding carboxylic acids is 1. The van der Waals surface area contributed by atoms with Crippen LogP contribution in [-0.4, -0.2) is 35.7 Å². The SMILES string of the molecule is CCNC(=O)C(C)Oc1ccc2c(c1)OC(C(=O)O)C2. The molecule has 0 bridgehead atoms. The monoisotopic (exact) mass is 279 g/mol. The van der Waals surface area contributed by atoms with Crippen molar-refractivity contribution in [3.05, 3.63) is 23.8 Å². The van der Waals surface area contributed by atoms with Gasteiger partial charge in [-0.05, 0) is 25.5 Å². The third-order valence-electron chi connectivity index (χ3n) is 3.02. The van der Waals surface area contributed by atoms with E-state index < -0.39 is 18.2 Å². The van der Waals surface area contributed by atoms with Crippen molar-refractivity contribution in [1.82, 2.24) is 5.32 Å². The maximum atomic E-state index is 11.6. The standard InChI is InChI=1S/C14H17NO5/c1-3-15-13(16)8(2)19-10-5-4-9-6-12(14(17)18)20-11(9)7-10/h4-5,7-8,12H,3,6H2,1-2H3,(H,15,16)(H,17,18). The minimum absolute atomic E-state index is 0.197. The Morgan fingerprint density at radius 3 is 2.95 bits per heavy atom. The van der Waals surface area contributed by atoms with Gasteiger partial charge in [0.2, 0.25) is 0 Å². The summed E-state index contributed by atoms with van der Waals surface area (Å²) in [6, 6.07) is 5.09. The molecule has 1 amide bonds. The van der Waals surface area contributed by atoms with Gasteiger partial charge in [-0.25, -0.2) is 4.79 Å². The summed E-state index contributed by atoms with van der Waals surface area (Å²) >= 11 is 0. The highest BCUT2D eigenvalue weighted by molar-refractivity contribution is 5.80. The highest BCUT2D eigenvalue weighted by Gasteiger charge is 2.29. The van der Waals surface area contributed by atoms with Crippen LogP contribution in [0.25, 0.3) is 0 Å². The molecule has 0 saturated carbocycles. The summed E-state index contributed by atoms with van der Waals surface area (Å²) in [6.45, 7) is 4.03. The van der Waals surface area contributed by atoms with Gasteiger partial charge < -0.3 is 19.9 Å². The summed E-state index contributed by atoms with van der Waals surface area (Å²) in [5, 5.41) is 11.6. The molecule has 0 radical (unpaired) electrons. The minimum atomic E-state index is -0.987. The van der Waals surface area contributed by atoms with Crippen molar-refractivity contribution >= 4 is 11.9 Å². The van der Waals surface area contributed by atoms with E-state index in [1.807, 2.05) is 6.92 Å². The van der Waals surface area contributed by atoms with Crippen LogP contribution in [0.3, 0.4) is 0 Å². The Morgan fingerprint density at radius 2 is 2.30 bits per heavy atom. The summed E-state index contributed by atoms with van der Waals surface area (Å²) in [5.41, 5.74) is 0.829. The fourth-order valence-corrected chi connectivity index (χ4v) is 1.99. The van der Waals surface area contributed by atoms with Gasteiger partial charge in [0.05, 0.1) is 0 Å². The third-order valence-corrected chi connectivity index (χ3v) is 3.02. The number of hydrogen-bond acceptors (Lipinski definition) is 4. The zero-order chi connectivity index (χ0) is 14.7. The van der Waals surface area contributed by atoms with Crippen molar-refractivity contribution in [3.63, 3.8) is 0 Å². The molecule has 0 saturated heterocycles. The number of fused-ring (bicyclic) bond motifs is 1. The Kier molecular flexibility index (Phi) is 4.12. The topological polar surface area (TPSA) is 84.9 Å². The number of amides is 1. The average Bonchev–Trinajstić information content (AvgIpc) is 2.82. The second kappa shape index (κ2) is 5.81. The van der Waals surface area contributed by atoms with E-state index in [2.05, 4.69) is 5.32 Å². The summed E-state index contributed by atoms with van der Waals surface area (Å²) < 4.78 is 10.8. The first-order chi connectivity index (χ1) is 9.51. The minimum Gasteiger partial charge on any atom is -0.481 e. The molecule has 1 aliphatic heterocycles. The van der Waals surface area contributed by atoms with Crippen LogP contribution in [0.5, 0.6) is 11.5 Å². The largest absolute Gasteiger partial charge is 0.481 e. The second-order valence-electron chi connectivity index (χ2n) is 4.57. The van der Waals surface area contributed by atoms with Crippen molar-refractivity contribution in [2.45, 2.75) is 32.5 Å². The molecule has 6 heteroatoms. The van der Waals surface area contributed by atoms with E-state index >= 15 is 0 Å². The molecular formula is C14H17NO5. The number of carboxylic acid groups (broad SMARTS) is 1. The van der Waals surface area contributed by atoms with E-state index in [4.69, 9.17) is 14.6 Å². The average molecular weight is 279 g/mol. The first kappa shape index (κ1) is 14.2. The van der Waals surface area contributed by atoms with Gasteiger partial charge in [-0.15, -0.1) is 0 Å². The van der Waals surface area contributed by atoms with Crippen LogP contribution in [0.15, 0.2) is 18.2 Å². The van der Waals surface area contributed by atoms with E-state index in [0.29, 0.717) is 24.5 Å². The van der Waals surface area contributed by atoms with Gasteiger partial charge in [0.1, 0.15) is 11.5 Å². The summed E-state index contributed by atoms with van der Waals surface area (Å²) in [4.78, 5) is 22.5. The van der Waals surface area contributed by atoms with E-state index in [1.54, 1.807) is 25.1 Å². The molecule has 0 aromatic heterocycles. The van der Waals surface area contributed by atoms with Crippen LogP contribution in [-0.2, 0) is 16.0 Å². The van der Waals surface area contributed by atoms with E-state index in [9.17, 15) is 9.59 Å². The molecule has 2 atom stereocenters. The Hall–Kier alpha value is -2.24. The zero-order valence-corrected chi connectivity index (χ0v) is 11.4. The fourth-order valence-electron chi connectivity index (χ4n) is 1.99. The maximum absolute atomic E-state index is 11.6. The molecule has 1 aliphatic rings. The summed E-state index contributed by atoms with van der Waals surface area (Å²) in [7, 11) is 0. The van der Waals surface area contributed by atoms with Gasteiger partial charge in [0, 0.05) is 19.0 Å². The molecule has 6 nitrogen and oxygen atoms in total. The van der Waals surface area contributed by atoms with Crippen LogP contribution in [0.4, 0.5) is 0 Å². The molecule has 108 valence electrons. The third kappa shape index (κ3) is 3.01. The molecule has 0 aliphatic carbocycles. The molecule has 2 N–H and O–H groups in total. The van der Waals surface area contributed by atoms with Crippen molar-refractivity contribution in [3.8, 4) is 11.5 Å². The highest BCUT2D eigenvalue weighted by Crippen LogP contribution is 2.32. The Balaban J connectivity index is 2.04. The van der Waals surface area contributed by atoms with E-state index in [0.717, 1.165) is 5.56 Å². The van der Waals surface area contributed by atoms with Crippen LogP contribution < -0.4 is 14.8 Å². The molecule has 1 aromatic carbocycles. The lowest BCUT2D eigenvalue weighted by Gasteiger charge is -2.14. The molecular weight excluding hydrogens is 262 g/mol. The van der Waals surface area contributed by atoms with Gasteiger partial charge in [0.25, 0.3) is 5.91 Å². The van der Waals surface area contributed by atoms with E-state index in [-0.39, 0.29) is 5.91 Å². The first-order valence-corrected chi connectivity index (χ1v) is 6.48. The molecule has 1 heterocycles. The predicted molar refractivity (Wildman–Crippen MR) is 71.0 cm³/mol. The lowest BCUT2D eigenvalue weighted by Crippen LogP contribution is -2.36. The van der Waals surface area contributed by atoms with Crippen molar-refractivity contribution in [2.24, 2.45) is 0 Å². The van der Waals surface area contributed by atoms with Crippen LogP contribution in [0.2, 0.25) is 0 Å². The van der Waals surface area contributed by atoms with Crippen molar-refractivity contribution in [1.29, 1.82) is 0 Å². The fraction of sp³-hybridized carbons (Fsp3) is 0.429. The Bertz CT molecular complexity index is 528.